The first-order valence-electron chi connectivity index (χ1n) is 19.2. The van der Waals surface area contributed by atoms with Crippen LogP contribution in [0.4, 0.5) is 0 Å². The van der Waals surface area contributed by atoms with Crippen molar-refractivity contribution >= 4 is 27.1 Å². The van der Waals surface area contributed by atoms with Gasteiger partial charge >= 0.3 is 0 Å². The zero-order valence-electron chi connectivity index (χ0n) is 31.1. The Balaban J connectivity index is 1.29. The standard InChI is InChI=1S/C56H40/c1-2-3-7-24-48(44-33-29-42(30-34-44)40-18-8-4-9-19-40)54-39-47(37-38-49(54)45-35-31-43(32-36-45)41-20-10-5-11-21-41)56-52-27-16-14-25-50(52)55(46-22-12-6-13-23-46)51-26-15-17-28-53(51)56/h2-39H,1H2/b7-3-,48-24+. The minimum absolute atomic E-state index is 1.14. The minimum Gasteiger partial charge on any atom is -0.0991 e. The maximum atomic E-state index is 3.97. The van der Waals surface area contributed by atoms with Gasteiger partial charge in [-0.1, -0.05) is 231 Å². The van der Waals surface area contributed by atoms with Gasteiger partial charge in [-0.05, 0) is 99.9 Å². The smallest absolute Gasteiger partial charge is 0.00261 e. The fourth-order valence-electron chi connectivity index (χ4n) is 8.05. The van der Waals surface area contributed by atoms with Crippen LogP contribution in [0.25, 0.3) is 82.8 Å². The number of allylic oxidation sites excluding steroid dienone is 4. The van der Waals surface area contributed by atoms with Crippen molar-refractivity contribution in [3.8, 4) is 55.6 Å². The summed E-state index contributed by atoms with van der Waals surface area (Å²) in [5.41, 5.74) is 15.5. The molecule has 0 radical (unpaired) electrons. The van der Waals surface area contributed by atoms with Crippen molar-refractivity contribution < 1.29 is 0 Å². The lowest BCUT2D eigenvalue weighted by molar-refractivity contribution is 1.51. The van der Waals surface area contributed by atoms with Gasteiger partial charge in [-0.25, -0.2) is 0 Å². The zero-order valence-corrected chi connectivity index (χ0v) is 31.1. The van der Waals surface area contributed by atoms with Gasteiger partial charge in [-0.15, -0.1) is 0 Å². The van der Waals surface area contributed by atoms with E-state index in [2.05, 4.69) is 225 Å². The average molecular weight is 713 g/mol. The number of hydrogen-bond donors (Lipinski definition) is 0. The lowest BCUT2D eigenvalue weighted by atomic mass is 9.83. The maximum Gasteiger partial charge on any atom is -0.00261 e. The molecule has 0 saturated heterocycles. The van der Waals surface area contributed by atoms with E-state index in [1.807, 2.05) is 12.2 Å². The number of benzene rings is 9. The molecule has 0 atom stereocenters. The van der Waals surface area contributed by atoms with E-state index in [1.54, 1.807) is 0 Å². The van der Waals surface area contributed by atoms with E-state index in [1.165, 1.54) is 77.2 Å². The van der Waals surface area contributed by atoms with E-state index < -0.39 is 0 Å². The summed E-state index contributed by atoms with van der Waals surface area (Å²) >= 11 is 0. The molecule has 0 aliphatic carbocycles. The summed E-state index contributed by atoms with van der Waals surface area (Å²) < 4.78 is 0. The first-order valence-corrected chi connectivity index (χ1v) is 19.2. The van der Waals surface area contributed by atoms with Crippen molar-refractivity contribution in [2.45, 2.75) is 0 Å². The molecule has 0 bridgehead atoms. The Hall–Kier alpha value is -7.28. The lowest BCUT2D eigenvalue weighted by Gasteiger charge is -2.20. The molecule has 0 fully saturated rings. The molecule has 56 heavy (non-hydrogen) atoms. The highest BCUT2D eigenvalue weighted by atomic mass is 14.2. The molecule has 0 spiro atoms. The molecule has 0 nitrogen and oxygen atoms in total. The normalized spacial score (nSPS) is 11.7. The molecular formula is C56H40. The van der Waals surface area contributed by atoms with Crippen LogP contribution in [0, 0.1) is 0 Å². The highest BCUT2D eigenvalue weighted by Gasteiger charge is 2.19. The van der Waals surface area contributed by atoms with Crippen LogP contribution in [0.3, 0.4) is 0 Å². The van der Waals surface area contributed by atoms with Crippen molar-refractivity contribution in [3.05, 3.63) is 248 Å². The summed E-state index contributed by atoms with van der Waals surface area (Å²) in [5, 5.41) is 4.96. The average Bonchev–Trinajstić information content (AvgIpc) is 3.28. The lowest BCUT2D eigenvalue weighted by Crippen LogP contribution is -1.96. The summed E-state index contributed by atoms with van der Waals surface area (Å²) in [6.45, 7) is 3.97. The van der Waals surface area contributed by atoms with Crippen molar-refractivity contribution in [1.29, 1.82) is 0 Å². The first kappa shape index (κ1) is 34.5. The van der Waals surface area contributed by atoms with Gasteiger partial charge in [0.05, 0.1) is 0 Å². The second-order valence-electron chi connectivity index (χ2n) is 14.1. The van der Waals surface area contributed by atoms with Crippen LogP contribution < -0.4 is 0 Å². The SMILES string of the molecule is C=C/C=C\C=C(/c1ccc(-c2ccccc2)cc1)c1cc(-c2c3ccccc3c(-c3ccccc3)c3ccccc23)ccc1-c1ccc(-c2ccccc2)cc1. The van der Waals surface area contributed by atoms with Crippen LogP contribution in [-0.2, 0) is 0 Å². The van der Waals surface area contributed by atoms with Gasteiger partial charge in [-0.2, -0.15) is 0 Å². The van der Waals surface area contributed by atoms with Crippen molar-refractivity contribution in [1.82, 2.24) is 0 Å². The largest absolute Gasteiger partial charge is 0.0991 e. The fourth-order valence-corrected chi connectivity index (χ4v) is 8.05. The predicted molar refractivity (Wildman–Crippen MR) is 241 cm³/mol. The highest BCUT2D eigenvalue weighted by Crippen LogP contribution is 2.45. The van der Waals surface area contributed by atoms with Gasteiger partial charge in [0.25, 0.3) is 0 Å². The van der Waals surface area contributed by atoms with Crippen molar-refractivity contribution in [3.63, 3.8) is 0 Å². The molecule has 9 aromatic rings. The van der Waals surface area contributed by atoms with Crippen molar-refractivity contribution in [2.75, 3.05) is 0 Å². The summed E-state index contributed by atoms with van der Waals surface area (Å²) in [7, 11) is 0. The summed E-state index contributed by atoms with van der Waals surface area (Å²) in [6, 6.07) is 74.7. The van der Waals surface area contributed by atoms with Gasteiger partial charge in [0.1, 0.15) is 0 Å². The van der Waals surface area contributed by atoms with E-state index in [4.69, 9.17) is 0 Å². The molecule has 9 aromatic carbocycles. The summed E-state index contributed by atoms with van der Waals surface area (Å²) in [4.78, 5) is 0. The second-order valence-corrected chi connectivity index (χ2v) is 14.1. The van der Waals surface area contributed by atoms with Gasteiger partial charge in [0.2, 0.25) is 0 Å². The van der Waals surface area contributed by atoms with Crippen LogP contribution in [-0.4, -0.2) is 0 Å². The van der Waals surface area contributed by atoms with Gasteiger partial charge < -0.3 is 0 Å². The fraction of sp³-hybridized carbons (Fsp3) is 0. The Morgan fingerprint density at radius 1 is 0.339 bits per heavy atom. The van der Waals surface area contributed by atoms with Gasteiger partial charge in [0, 0.05) is 0 Å². The first-order chi connectivity index (χ1) is 27.8. The molecule has 0 amide bonds. The topological polar surface area (TPSA) is 0 Å². The van der Waals surface area contributed by atoms with E-state index in [9.17, 15) is 0 Å². The summed E-state index contributed by atoms with van der Waals surface area (Å²) in [5.74, 6) is 0. The van der Waals surface area contributed by atoms with E-state index >= 15 is 0 Å². The van der Waals surface area contributed by atoms with E-state index in [0.717, 1.165) is 16.7 Å². The molecule has 0 saturated carbocycles. The predicted octanol–water partition coefficient (Wildman–Crippen LogP) is 15.5. The number of fused-ring (bicyclic) bond motifs is 2. The third-order valence-electron chi connectivity index (χ3n) is 10.7. The van der Waals surface area contributed by atoms with E-state index in [-0.39, 0.29) is 0 Å². The van der Waals surface area contributed by atoms with Crippen LogP contribution >= 0.6 is 0 Å². The molecule has 0 aromatic heterocycles. The minimum atomic E-state index is 1.14. The Morgan fingerprint density at radius 2 is 0.732 bits per heavy atom. The van der Waals surface area contributed by atoms with Crippen LogP contribution in [0.1, 0.15) is 11.1 Å². The zero-order chi connectivity index (χ0) is 37.7. The Labute approximate surface area is 329 Å². The Kier molecular flexibility index (Phi) is 9.60. The van der Waals surface area contributed by atoms with E-state index in [0.29, 0.717) is 0 Å². The van der Waals surface area contributed by atoms with Crippen LogP contribution in [0.15, 0.2) is 237 Å². The highest BCUT2D eigenvalue weighted by molar-refractivity contribution is 6.21. The molecule has 0 aliphatic rings. The number of rotatable bonds is 9. The monoisotopic (exact) mass is 712 g/mol. The molecule has 264 valence electrons. The second kappa shape index (κ2) is 15.6. The Morgan fingerprint density at radius 3 is 1.23 bits per heavy atom. The molecular weight excluding hydrogens is 673 g/mol. The molecule has 9 rings (SSSR count). The summed E-state index contributed by atoms with van der Waals surface area (Å²) in [6.07, 6.45) is 8.16. The number of hydrogen-bond acceptors (Lipinski definition) is 0. The van der Waals surface area contributed by atoms with Crippen molar-refractivity contribution in [2.24, 2.45) is 0 Å². The quantitative estimate of drug-likeness (QED) is 0.103. The van der Waals surface area contributed by atoms with Crippen LogP contribution in [0.2, 0.25) is 0 Å². The molecule has 0 aliphatic heterocycles. The third kappa shape index (κ3) is 6.70. The molecule has 0 heteroatoms. The van der Waals surface area contributed by atoms with Gasteiger partial charge in [0.15, 0.2) is 0 Å². The van der Waals surface area contributed by atoms with Gasteiger partial charge in [-0.3, -0.25) is 0 Å². The molecule has 0 heterocycles. The molecule has 0 unspecified atom stereocenters. The molecule has 0 N–H and O–H groups in total. The third-order valence-corrected chi connectivity index (χ3v) is 10.7. The maximum absolute atomic E-state index is 3.97. The van der Waals surface area contributed by atoms with Crippen LogP contribution in [0.5, 0.6) is 0 Å². The Bertz CT molecular complexity index is 2800.